The molecule has 33 heavy (non-hydrogen) atoms. The van der Waals surface area contributed by atoms with E-state index in [-0.39, 0.29) is 6.04 Å². The number of nitrogens with zero attached hydrogens (tertiary/aromatic N) is 2. The number of nitrogens with two attached hydrogens (primary N) is 1. The minimum absolute atomic E-state index is 0.0278. The normalized spacial score (nSPS) is 16.5. The molecular formula is C27H28ClN3OS. The highest BCUT2D eigenvalue weighted by molar-refractivity contribution is 8.13. The van der Waals surface area contributed by atoms with Crippen molar-refractivity contribution in [1.29, 1.82) is 0 Å². The van der Waals surface area contributed by atoms with Crippen molar-refractivity contribution in [2.24, 2.45) is 4.99 Å². The van der Waals surface area contributed by atoms with Crippen LogP contribution in [0.2, 0.25) is 5.02 Å². The van der Waals surface area contributed by atoms with Gasteiger partial charge in [0.2, 0.25) is 0 Å². The minimum Gasteiger partial charge on any atom is -0.497 e. The van der Waals surface area contributed by atoms with Gasteiger partial charge in [-0.25, -0.2) is 0 Å². The third kappa shape index (κ3) is 5.55. The Bertz CT molecular complexity index is 1150. The minimum atomic E-state index is 0.0278. The van der Waals surface area contributed by atoms with Gasteiger partial charge in [-0.3, -0.25) is 4.99 Å². The van der Waals surface area contributed by atoms with Gasteiger partial charge in [-0.1, -0.05) is 71.9 Å². The highest BCUT2D eigenvalue weighted by atomic mass is 35.5. The maximum Gasteiger partial charge on any atom is 0.160 e. The Morgan fingerprint density at radius 1 is 1.12 bits per heavy atom. The van der Waals surface area contributed by atoms with Crippen LogP contribution in [0.1, 0.15) is 29.2 Å². The molecule has 0 saturated carbocycles. The van der Waals surface area contributed by atoms with Crippen LogP contribution in [-0.2, 0) is 5.75 Å². The van der Waals surface area contributed by atoms with Gasteiger partial charge in [0.05, 0.1) is 13.2 Å². The summed E-state index contributed by atoms with van der Waals surface area (Å²) in [6.45, 7) is 0.836. The quantitative estimate of drug-likeness (QED) is 0.253. The SMILES string of the molecule is CN=C(SCc1ccccc1)N1CCC(c2cc(Cl)ccc2N)=CC1c1ccc(OC)cc1. The molecule has 0 fully saturated rings. The van der Waals surface area contributed by atoms with E-state index < -0.39 is 0 Å². The number of hydrogen-bond acceptors (Lipinski definition) is 4. The van der Waals surface area contributed by atoms with E-state index in [4.69, 9.17) is 22.1 Å². The third-order valence-corrected chi connectivity index (χ3v) is 7.17. The second-order valence-corrected chi connectivity index (χ2v) is 9.24. The Morgan fingerprint density at radius 3 is 2.58 bits per heavy atom. The molecule has 4 rings (SSSR count). The van der Waals surface area contributed by atoms with E-state index in [9.17, 15) is 0 Å². The van der Waals surface area contributed by atoms with Gasteiger partial charge in [-0.2, -0.15) is 0 Å². The van der Waals surface area contributed by atoms with Gasteiger partial charge >= 0.3 is 0 Å². The number of halogens is 1. The number of nitrogen functional groups attached to an aromatic ring is 1. The largest absolute Gasteiger partial charge is 0.497 e. The van der Waals surface area contributed by atoms with E-state index in [0.717, 1.165) is 40.9 Å². The lowest BCUT2D eigenvalue weighted by Gasteiger charge is -2.37. The van der Waals surface area contributed by atoms with Crippen LogP contribution in [0.25, 0.3) is 5.57 Å². The molecule has 1 aliphatic rings. The smallest absolute Gasteiger partial charge is 0.160 e. The van der Waals surface area contributed by atoms with Crippen molar-refractivity contribution in [3.63, 3.8) is 0 Å². The summed E-state index contributed by atoms with van der Waals surface area (Å²) in [6, 6.07) is 24.4. The van der Waals surface area contributed by atoms with Crippen molar-refractivity contribution in [2.45, 2.75) is 18.2 Å². The summed E-state index contributed by atoms with van der Waals surface area (Å²) < 4.78 is 5.37. The first-order valence-electron chi connectivity index (χ1n) is 10.9. The van der Waals surface area contributed by atoms with Gasteiger partial charge in [0.15, 0.2) is 5.17 Å². The van der Waals surface area contributed by atoms with E-state index in [0.29, 0.717) is 5.02 Å². The number of thioether (sulfide) groups is 1. The Morgan fingerprint density at radius 2 is 1.88 bits per heavy atom. The van der Waals surface area contributed by atoms with Gasteiger partial charge in [0.1, 0.15) is 5.75 Å². The van der Waals surface area contributed by atoms with E-state index in [1.165, 1.54) is 16.7 Å². The molecule has 0 saturated heterocycles. The zero-order chi connectivity index (χ0) is 23.2. The molecule has 1 aliphatic heterocycles. The van der Waals surface area contributed by atoms with Crippen molar-refractivity contribution in [2.75, 3.05) is 26.4 Å². The Hall–Kier alpha value is -2.89. The molecule has 3 aromatic carbocycles. The highest BCUT2D eigenvalue weighted by Gasteiger charge is 2.27. The number of rotatable bonds is 5. The number of ether oxygens (including phenoxy) is 1. The second-order valence-electron chi connectivity index (χ2n) is 7.87. The molecule has 2 N–H and O–H groups in total. The summed E-state index contributed by atoms with van der Waals surface area (Å²) in [5, 5.41) is 1.71. The molecule has 1 heterocycles. The van der Waals surface area contributed by atoms with Gasteiger partial charge in [0.25, 0.3) is 0 Å². The third-order valence-electron chi connectivity index (χ3n) is 5.78. The Balaban J connectivity index is 1.68. The second kappa shape index (κ2) is 10.8. The van der Waals surface area contributed by atoms with E-state index >= 15 is 0 Å². The van der Waals surface area contributed by atoms with Gasteiger partial charge < -0.3 is 15.4 Å². The first-order chi connectivity index (χ1) is 16.1. The van der Waals surface area contributed by atoms with Gasteiger partial charge in [-0.15, -0.1) is 0 Å². The van der Waals surface area contributed by atoms with Crippen LogP contribution < -0.4 is 10.5 Å². The average Bonchev–Trinajstić information content (AvgIpc) is 2.86. The molecule has 170 valence electrons. The number of amidine groups is 1. The van der Waals surface area contributed by atoms with Gasteiger partial charge in [0, 0.05) is 35.6 Å². The van der Waals surface area contributed by atoms with Crippen molar-refractivity contribution < 1.29 is 4.74 Å². The summed E-state index contributed by atoms with van der Waals surface area (Å²) in [6.07, 6.45) is 3.16. The van der Waals surface area contributed by atoms with Crippen molar-refractivity contribution in [1.82, 2.24) is 4.90 Å². The van der Waals surface area contributed by atoms with Crippen LogP contribution in [-0.4, -0.2) is 30.8 Å². The number of anilines is 1. The zero-order valence-electron chi connectivity index (χ0n) is 18.9. The summed E-state index contributed by atoms with van der Waals surface area (Å²) in [5.74, 6) is 1.71. The predicted octanol–water partition coefficient (Wildman–Crippen LogP) is 6.68. The summed E-state index contributed by atoms with van der Waals surface area (Å²) in [7, 11) is 3.55. The average molecular weight is 478 g/mol. The molecule has 0 spiro atoms. The lowest BCUT2D eigenvalue weighted by Crippen LogP contribution is -2.36. The lowest BCUT2D eigenvalue weighted by molar-refractivity contribution is 0.367. The van der Waals surface area contributed by atoms with E-state index in [2.05, 4.69) is 52.4 Å². The first kappa shape index (κ1) is 23.3. The molecule has 0 aliphatic carbocycles. The van der Waals surface area contributed by atoms with Crippen LogP contribution in [0, 0.1) is 0 Å². The monoisotopic (exact) mass is 477 g/mol. The number of aliphatic imine (C=N–C) groups is 1. The molecule has 0 radical (unpaired) electrons. The van der Waals surface area contributed by atoms with Crippen LogP contribution in [0.4, 0.5) is 5.69 Å². The maximum absolute atomic E-state index is 6.32. The highest BCUT2D eigenvalue weighted by Crippen LogP contribution is 2.38. The van der Waals surface area contributed by atoms with E-state index in [1.54, 1.807) is 18.9 Å². The Labute approximate surface area is 205 Å². The fourth-order valence-electron chi connectivity index (χ4n) is 4.06. The summed E-state index contributed by atoms with van der Waals surface area (Å²) in [5.41, 5.74) is 11.7. The van der Waals surface area contributed by atoms with Crippen LogP contribution in [0.5, 0.6) is 5.75 Å². The molecule has 3 aromatic rings. The van der Waals surface area contributed by atoms with Crippen molar-refractivity contribution >= 4 is 39.8 Å². The lowest BCUT2D eigenvalue weighted by atomic mass is 9.92. The molecular weight excluding hydrogens is 450 g/mol. The molecule has 1 unspecified atom stereocenters. The van der Waals surface area contributed by atoms with Crippen molar-refractivity contribution in [3.8, 4) is 5.75 Å². The molecule has 1 atom stereocenters. The standard InChI is InChI=1S/C27H28ClN3OS/c1-30-27(33-18-19-6-4-3-5-7-19)31-15-14-21(24-17-22(28)10-13-25(24)29)16-26(31)20-8-11-23(32-2)12-9-20/h3-13,16-17,26H,14-15,18,29H2,1-2H3. The van der Waals surface area contributed by atoms with Crippen molar-refractivity contribution in [3.05, 3.63) is 101 Å². The topological polar surface area (TPSA) is 50.8 Å². The van der Waals surface area contributed by atoms with Gasteiger partial charge in [-0.05, 0) is 53.5 Å². The molecule has 6 heteroatoms. The zero-order valence-corrected chi connectivity index (χ0v) is 20.4. The molecule has 0 amide bonds. The first-order valence-corrected chi connectivity index (χ1v) is 12.3. The summed E-state index contributed by atoms with van der Waals surface area (Å²) >= 11 is 8.06. The fraction of sp³-hybridized carbons (Fsp3) is 0.222. The number of methoxy groups -OCH3 is 1. The number of benzene rings is 3. The van der Waals surface area contributed by atoms with Crippen LogP contribution >= 0.6 is 23.4 Å². The fourth-order valence-corrected chi connectivity index (χ4v) is 5.22. The predicted molar refractivity (Wildman–Crippen MR) is 142 cm³/mol. The maximum atomic E-state index is 6.32. The summed E-state index contributed by atoms with van der Waals surface area (Å²) in [4.78, 5) is 7.05. The molecule has 4 nitrogen and oxygen atoms in total. The number of hydrogen-bond donors (Lipinski definition) is 1. The molecule has 0 bridgehead atoms. The van der Waals surface area contributed by atoms with E-state index in [1.807, 2.05) is 43.4 Å². The van der Waals surface area contributed by atoms with Crippen LogP contribution in [0.15, 0.2) is 83.9 Å². The Kier molecular flexibility index (Phi) is 7.63. The van der Waals surface area contributed by atoms with Crippen LogP contribution in [0.3, 0.4) is 0 Å². The molecule has 0 aromatic heterocycles.